The Labute approximate surface area is 138 Å². The van der Waals surface area contributed by atoms with Gasteiger partial charge in [0.05, 0.1) is 5.69 Å². The van der Waals surface area contributed by atoms with Crippen molar-refractivity contribution < 1.29 is 4.79 Å². The minimum Gasteiger partial charge on any atom is -0.298 e. The zero-order chi connectivity index (χ0) is 16.5. The van der Waals surface area contributed by atoms with E-state index in [0.29, 0.717) is 17.2 Å². The number of carbonyl (C=O) groups is 1. The van der Waals surface area contributed by atoms with Gasteiger partial charge in [-0.2, -0.15) is 10.1 Å². The molecule has 0 fully saturated rings. The topological polar surface area (TPSA) is 60.2 Å². The van der Waals surface area contributed by atoms with Crippen LogP contribution in [0.1, 0.15) is 16.2 Å². The molecule has 0 spiro atoms. The van der Waals surface area contributed by atoms with E-state index < -0.39 is 0 Å². The second kappa shape index (κ2) is 5.70. The lowest BCUT2D eigenvalue weighted by Crippen LogP contribution is -1.97. The molecule has 0 atom stereocenters. The first kappa shape index (κ1) is 14.3. The Hall–Kier alpha value is -3.34. The summed E-state index contributed by atoms with van der Waals surface area (Å²) in [6.45, 7) is 1.84. The third kappa shape index (κ3) is 2.46. The van der Waals surface area contributed by atoms with Gasteiger partial charge in [0.1, 0.15) is 12.1 Å². The third-order valence-electron chi connectivity index (χ3n) is 3.84. The molecule has 0 amide bonds. The van der Waals surface area contributed by atoms with Crippen LogP contribution in [0.3, 0.4) is 0 Å². The maximum absolute atomic E-state index is 10.9. The van der Waals surface area contributed by atoms with Gasteiger partial charge in [-0.1, -0.05) is 54.6 Å². The number of aromatic nitrogens is 4. The molecule has 2 aromatic heterocycles. The first-order chi connectivity index (χ1) is 11.7. The number of carbonyl (C=O) groups excluding carboxylic acids is 1. The first-order valence-corrected chi connectivity index (χ1v) is 7.59. The Balaban J connectivity index is 1.98. The summed E-state index contributed by atoms with van der Waals surface area (Å²) in [5, 5.41) is 4.36. The highest BCUT2D eigenvalue weighted by Crippen LogP contribution is 2.30. The molecule has 4 rings (SSSR count). The van der Waals surface area contributed by atoms with Crippen LogP contribution in [0.15, 0.2) is 60.8 Å². The van der Waals surface area contributed by atoms with Crippen molar-refractivity contribution in [3.63, 3.8) is 0 Å². The van der Waals surface area contributed by atoms with Gasteiger partial charge in [-0.15, -0.1) is 0 Å². The van der Waals surface area contributed by atoms with Crippen molar-refractivity contribution in [2.75, 3.05) is 0 Å². The van der Waals surface area contributed by atoms with Gasteiger partial charge in [-0.05, 0) is 12.5 Å². The molecule has 0 radical (unpaired) electrons. The fraction of sp³-hybridized carbons (Fsp3) is 0.0526. The summed E-state index contributed by atoms with van der Waals surface area (Å²) in [6.07, 6.45) is 2.78. The Kier molecular flexibility index (Phi) is 3.39. The molecule has 0 unspecified atom stereocenters. The van der Waals surface area contributed by atoms with Crippen molar-refractivity contribution >= 4 is 12.1 Å². The standard InChI is InChI=1S/C19H14N4O/c1-13-20-19-21-18(16-9-7-14(12-24)8-10-16)17(11-23(19)22-13)15-5-3-2-4-6-15/h2-12H,1H3. The van der Waals surface area contributed by atoms with E-state index in [2.05, 4.69) is 10.1 Å². The Morgan fingerprint density at radius 1 is 0.917 bits per heavy atom. The minimum absolute atomic E-state index is 0.557. The highest BCUT2D eigenvalue weighted by Gasteiger charge is 2.13. The number of hydrogen-bond acceptors (Lipinski definition) is 4. The molecule has 0 bridgehead atoms. The minimum atomic E-state index is 0.557. The fourth-order valence-corrected chi connectivity index (χ4v) is 2.69. The number of hydrogen-bond donors (Lipinski definition) is 0. The van der Waals surface area contributed by atoms with Crippen molar-refractivity contribution in [1.29, 1.82) is 0 Å². The molecule has 116 valence electrons. The van der Waals surface area contributed by atoms with E-state index in [-0.39, 0.29) is 0 Å². The van der Waals surface area contributed by atoms with Crippen LogP contribution >= 0.6 is 0 Å². The zero-order valence-corrected chi connectivity index (χ0v) is 13.0. The van der Waals surface area contributed by atoms with Crippen LogP contribution in [0, 0.1) is 6.92 Å². The molecule has 0 aliphatic carbocycles. The molecule has 5 heteroatoms. The summed E-state index contributed by atoms with van der Waals surface area (Å²) in [7, 11) is 0. The quantitative estimate of drug-likeness (QED) is 0.542. The van der Waals surface area contributed by atoms with Crippen LogP contribution in [0.5, 0.6) is 0 Å². The average molecular weight is 314 g/mol. The van der Waals surface area contributed by atoms with Gasteiger partial charge >= 0.3 is 0 Å². The monoisotopic (exact) mass is 314 g/mol. The van der Waals surface area contributed by atoms with Crippen LogP contribution in [0.2, 0.25) is 0 Å². The summed E-state index contributed by atoms with van der Waals surface area (Å²) in [5.74, 6) is 1.23. The summed E-state index contributed by atoms with van der Waals surface area (Å²) in [6, 6.07) is 17.4. The average Bonchev–Trinajstić information content (AvgIpc) is 3.00. The smallest absolute Gasteiger partial charge is 0.252 e. The molecule has 4 aromatic rings. The number of aldehydes is 1. The Morgan fingerprint density at radius 2 is 1.67 bits per heavy atom. The van der Waals surface area contributed by atoms with E-state index in [1.54, 1.807) is 16.6 Å². The SMILES string of the molecule is Cc1nc2nc(-c3ccc(C=O)cc3)c(-c3ccccc3)cn2n1. The lowest BCUT2D eigenvalue weighted by atomic mass is 10.0. The predicted octanol–water partition coefficient (Wildman–Crippen LogP) is 3.58. The number of benzene rings is 2. The second-order valence-corrected chi connectivity index (χ2v) is 5.51. The van der Waals surface area contributed by atoms with E-state index in [4.69, 9.17) is 4.98 Å². The highest BCUT2D eigenvalue weighted by atomic mass is 16.1. The maximum Gasteiger partial charge on any atom is 0.252 e. The fourth-order valence-electron chi connectivity index (χ4n) is 2.69. The highest BCUT2D eigenvalue weighted by molar-refractivity contribution is 5.83. The largest absolute Gasteiger partial charge is 0.298 e. The van der Waals surface area contributed by atoms with Gasteiger partial charge < -0.3 is 0 Å². The maximum atomic E-state index is 10.9. The lowest BCUT2D eigenvalue weighted by molar-refractivity contribution is 0.112. The summed E-state index contributed by atoms with van der Waals surface area (Å²) < 4.78 is 1.70. The molecule has 0 saturated heterocycles. The predicted molar refractivity (Wildman–Crippen MR) is 91.8 cm³/mol. The van der Waals surface area contributed by atoms with Crippen molar-refractivity contribution in [2.24, 2.45) is 0 Å². The third-order valence-corrected chi connectivity index (χ3v) is 3.84. The van der Waals surface area contributed by atoms with Gasteiger partial charge in [-0.25, -0.2) is 9.50 Å². The normalized spacial score (nSPS) is 10.9. The van der Waals surface area contributed by atoms with Crippen molar-refractivity contribution in [2.45, 2.75) is 6.92 Å². The Bertz CT molecular complexity index is 1020. The molecule has 0 aliphatic heterocycles. The molecular weight excluding hydrogens is 300 g/mol. The molecule has 0 saturated carbocycles. The second-order valence-electron chi connectivity index (χ2n) is 5.51. The number of nitrogens with zero attached hydrogens (tertiary/aromatic N) is 4. The van der Waals surface area contributed by atoms with Crippen LogP contribution in [-0.4, -0.2) is 25.9 Å². The molecule has 24 heavy (non-hydrogen) atoms. The number of aryl methyl sites for hydroxylation is 1. The van der Waals surface area contributed by atoms with Crippen molar-refractivity contribution in [3.8, 4) is 22.4 Å². The van der Waals surface area contributed by atoms with E-state index >= 15 is 0 Å². The van der Waals surface area contributed by atoms with E-state index in [9.17, 15) is 4.79 Å². The van der Waals surface area contributed by atoms with E-state index in [1.165, 1.54) is 0 Å². The summed E-state index contributed by atoms with van der Waals surface area (Å²) in [4.78, 5) is 19.9. The van der Waals surface area contributed by atoms with Crippen LogP contribution in [0.25, 0.3) is 28.2 Å². The molecule has 5 nitrogen and oxygen atoms in total. The van der Waals surface area contributed by atoms with Crippen LogP contribution < -0.4 is 0 Å². The van der Waals surface area contributed by atoms with Gasteiger partial charge in [0.15, 0.2) is 0 Å². The molecule has 0 aliphatic rings. The number of fused-ring (bicyclic) bond motifs is 1. The summed E-state index contributed by atoms with van der Waals surface area (Å²) >= 11 is 0. The van der Waals surface area contributed by atoms with Gasteiger partial charge in [-0.3, -0.25) is 4.79 Å². The molecule has 0 N–H and O–H groups in total. The number of rotatable bonds is 3. The molecular formula is C19H14N4O. The first-order valence-electron chi connectivity index (χ1n) is 7.59. The van der Waals surface area contributed by atoms with E-state index in [1.807, 2.05) is 55.6 Å². The van der Waals surface area contributed by atoms with Crippen molar-refractivity contribution in [3.05, 3.63) is 72.2 Å². The molecule has 2 aromatic carbocycles. The van der Waals surface area contributed by atoms with Gasteiger partial charge in [0.25, 0.3) is 5.78 Å². The van der Waals surface area contributed by atoms with E-state index in [0.717, 1.165) is 28.7 Å². The van der Waals surface area contributed by atoms with Gasteiger partial charge in [0, 0.05) is 22.9 Å². The zero-order valence-electron chi connectivity index (χ0n) is 13.0. The van der Waals surface area contributed by atoms with Crippen LogP contribution in [-0.2, 0) is 0 Å². The van der Waals surface area contributed by atoms with Crippen LogP contribution in [0.4, 0.5) is 0 Å². The lowest BCUT2D eigenvalue weighted by Gasteiger charge is -2.10. The molecule has 2 heterocycles. The Morgan fingerprint density at radius 3 is 2.38 bits per heavy atom. The van der Waals surface area contributed by atoms with Crippen molar-refractivity contribution in [1.82, 2.24) is 19.6 Å². The summed E-state index contributed by atoms with van der Waals surface area (Å²) in [5.41, 5.74) is 4.40. The van der Waals surface area contributed by atoms with Gasteiger partial charge in [0.2, 0.25) is 0 Å².